The van der Waals surface area contributed by atoms with Crippen molar-refractivity contribution in [3.05, 3.63) is 0 Å². The Morgan fingerprint density at radius 1 is 1.31 bits per heavy atom. The monoisotopic (exact) mass is 246 g/mol. The van der Waals surface area contributed by atoms with Crippen LogP contribution in [0.2, 0.25) is 0 Å². The number of morpholine rings is 1. The number of hydrogen-bond donors (Lipinski definition) is 0. The minimum atomic E-state index is -0.168. The van der Waals surface area contributed by atoms with Gasteiger partial charge in [-0.15, -0.1) is 11.8 Å². The number of rotatable bonds is 3. The predicted molar refractivity (Wildman–Crippen MR) is 62.6 cm³/mol. The molecule has 0 aromatic carbocycles. The molecular weight excluding hydrogens is 228 g/mol. The van der Waals surface area contributed by atoms with Crippen LogP contribution < -0.4 is 0 Å². The fourth-order valence-corrected chi connectivity index (χ4v) is 2.67. The van der Waals surface area contributed by atoms with Crippen LogP contribution in [0.3, 0.4) is 0 Å². The molecule has 0 atom stereocenters. The summed E-state index contributed by atoms with van der Waals surface area (Å²) in [4.78, 5) is 15.5. The van der Waals surface area contributed by atoms with E-state index in [1.807, 2.05) is 0 Å². The first-order chi connectivity index (χ1) is 7.86. The van der Waals surface area contributed by atoms with E-state index in [1.165, 1.54) is 0 Å². The van der Waals surface area contributed by atoms with Gasteiger partial charge in [0.25, 0.3) is 0 Å². The molecule has 6 heteroatoms. The summed E-state index contributed by atoms with van der Waals surface area (Å²) >= 11 is 1.77. The zero-order valence-electron chi connectivity index (χ0n) is 9.39. The molecule has 0 aromatic heterocycles. The molecule has 92 valence electrons. The molecule has 2 heterocycles. The highest BCUT2D eigenvalue weighted by molar-refractivity contribution is 7.99. The van der Waals surface area contributed by atoms with E-state index >= 15 is 0 Å². The summed E-state index contributed by atoms with van der Waals surface area (Å²) in [6.07, 6.45) is -0.168. The van der Waals surface area contributed by atoms with Crippen LogP contribution in [0.15, 0.2) is 0 Å². The van der Waals surface area contributed by atoms with Gasteiger partial charge in [0, 0.05) is 31.9 Å². The normalized spacial score (nSPS) is 22.4. The number of carbonyl (C=O) groups is 1. The zero-order valence-corrected chi connectivity index (χ0v) is 10.2. The molecule has 0 bridgehead atoms. The highest BCUT2D eigenvalue weighted by Gasteiger charge is 2.19. The maximum Gasteiger partial charge on any atom is 0.410 e. The average Bonchev–Trinajstić information content (AvgIpc) is 2.84. The minimum absolute atomic E-state index is 0.168. The first-order valence-electron chi connectivity index (χ1n) is 5.66. The second kappa shape index (κ2) is 6.32. The van der Waals surface area contributed by atoms with E-state index in [0.29, 0.717) is 6.61 Å². The van der Waals surface area contributed by atoms with Gasteiger partial charge in [-0.25, -0.2) is 4.79 Å². The zero-order chi connectivity index (χ0) is 11.2. The van der Waals surface area contributed by atoms with Crippen LogP contribution in [-0.2, 0) is 9.47 Å². The van der Waals surface area contributed by atoms with Crippen molar-refractivity contribution >= 4 is 17.9 Å². The molecule has 0 N–H and O–H groups in total. The summed E-state index contributed by atoms with van der Waals surface area (Å²) in [5, 5.41) is 0. The molecule has 2 fully saturated rings. The molecule has 1 amide bonds. The Labute approximate surface area is 100 Å². The Balaban J connectivity index is 1.57. The lowest BCUT2D eigenvalue weighted by molar-refractivity contribution is 0.0256. The van der Waals surface area contributed by atoms with Gasteiger partial charge in [0.2, 0.25) is 0 Å². The van der Waals surface area contributed by atoms with Gasteiger partial charge < -0.3 is 9.47 Å². The van der Waals surface area contributed by atoms with Crippen molar-refractivity contribution in [2.75, 3.05) is 57.6 Å². The van der Waals surface area contributed by atoms with Crippen molar-refractivity contribution in [3.63, 3.8) is 0 Å². The van der Waals surface area contributed by atoms with Crippen molar-refractivity contribution in [2.45, 2.75) is 0 Å². The second-order valence-electron chi connectivity index (χ2n) is 3.87. The lowest BCUT2D eigenvalue weighted by atomic mass is 10.4. The van der Waals surface area contributed by atoms with E-state index in [4.69, 9.17) is 9.47 Å². The van der Waals surface area contributed by atoms with Gasteiger partial charge >= 0.3 is 6.09 Å². The molecule has 0 radical (unpaired) electrons. The molecule has 0 unspecified atom stereocenters. The molecule has 2 aliphatic rings. The summed E-state index contributed by atoms with van der Waals surface area (Å²) < 4.78 is 10.5. The summed E-state index contributed by atoms with van der Waals surface area (Å²) in [6.45, 7) is 5.58. The van der Waals surface area contributed by atoms with Gasteiger partial charge in [-0.1, -0.05) is 0 Å². The second-order valence-corrected chi connectivity index (χ2v) is 4.94. The smallest absolute Gasteiger partial charge is 0.410 e. The Bertz CT molecular complexity index is 228. The van der Waals surface area contributed by atoms with Crippen LogP contribution in [0.4, 0.5) is 4.79 Å². The quantitative estimate of drug-likeness (QED) is 0.724. The molecule has 0 spiro atoms. The third-order valence-corrected chi connectivity index (χ3v) is 3.71. The van der Waals surface area contributed by atoms with Gasteiger partial charge in [0.1, 0.15) is 6.61 Å². The van der Waals surface area contributed by atoms with Crippen LogP contribution in [0.5, 0.6) is 0 Å². The Hall–Kier alpha value is -0.460. The Morgan fingerprint density at radius 2 is 2.12 bits per heavy atom. The predicted octanol–water partition coefficient (Wildman–Crippen LogP) is 0.462. The van der Waals surface area contributed by atoms with E-state index in [-0.39, 0.29) is 6.09 Å². The van der Waals surface area contributed by atoms with E-state index in [9.17, 15) is 4.79 Å². The average molecular weight is 246 g/mol. The van der Waals surface area contributed by atoms with Gasteiger partial charge in [-0.3, -0.25) is 9.80 Å². The van der Waals surface area contributed by atoms with Crippen LogP contribution in [0, 0.1) is 0 Å². The van der Waals surface area contributed by atoms with Gasteiger partial charge in [-0.05, 0) is 0 Å². The fourth-order valence-electron chi connectivity index (χ4n) is 1.74. The number of carbonyl (C=O) groups excluding carboxylic acids is 1. The van der Waals surface area contributed by atoms with E-state index < -0.39 is 0 Å². The first-order valence-corrected chi connectivity index (χ1v) is 6.81. The standard InChI is InChI=1S/C10H18N2O3S/c13-10(12-4-8-16-9-12)15-7-3-11-1-5-14-6-2-11/h1-9H2. The molecular formula is C10H18N2O3S. The number of ether oxygens (including phenoxy) is 2. The summed E-state index contributed by atoms with van der Waals surface area (Å²) in [5.41, 5.74) is 0. The van der Waals surface area contributed by atoms with Crippen molar-refractivity contribution in [3.8, 4) is 0 Å². The number of amides is 1. The minimum Gasteiger partial charge on any atom is -0.448 e. The molecule has 2 aliphatic heterocycles. The lowest BCUT2D eigenvalue weighted by Crippen LogP contribution is -2.39. The largest absolute Gasteiger partial charge is 0.448 e. The maximum absolute atomic E-state index is 11.5. The Kier molecular flexibility index (Phi) is 4.74. The van der Waals surface area contributed by atoms with Crippen molar-refractivity contribution in [1.82, 2.24) is 9.80 Å². The number of hydrogen-bond acceptors (Lipinski definition) is 5. The van der Waals surface area contributed by atoms with Crippen molar-refractivity contribution in [1.29, 1.82) is 0 Å². The molecule has 0 aromatic rings. The van der Waals surface area contributed by atoms with E-state index in [2.05, 4.69) is 4.90 Å². The SMILES string of the molecule is O=C(OCCN1CCOCC1)N1CCSC1. The lowest BCUT2D eigenvalue weighted by Gasteiger charge is -2.26. The van der Waals surface area contributed by atoms with Gasteiger partial charge in [0.05, 0.1) is 19.1 Å². The van der Waals surface area contributed by atoms with Crippen LogP contribution in [-0.4, -0.2) is 73.5 Å². The van der Waals surface area contributed by atoms with Crippen LogP contribution in [0.1, 0.15) is 0 Å². The van der Waals surface area contributed by atoms with Crippen LogP contribution in [0.25, 0.3) is 0 Å². The van der Waals surface area contributed by atoms with Crippen molar-refractivity contribution < 1.29 is 14.3 Å². The topological polar surface area (TPSA) is 42.0 Å². The van der Waals surface area contributed by atoms with Crippen molar-refractivity contribution in [2.24, 2.45) is 0 Å². The first kappa shape index (κ1) is 12.0. The molecule has 5 nitrogen and oxygen atoms in total. The van der Waals surface area contributed by atoms with Crippen LogP contribution >= 0.6 is 11.8 Å². The molecule has 2 rings (SSSR count). The number of thioether (sulfide) groups is 1. The van der Waals surface area contributed by atoms with Gasteiger partial charge in [0.15, 0.2) is 0 Å². The number of nitrogens with zero attached hydrogens (tertiary/aromatic N) is 2. The van der Waals surface area contributed by atoms with E-state index in [1.54, 1.807) is 16.7 Å². The van der Waals surface area contributed by atoms with E-state index in [0.717, 1.165) is 51.0 Å². The third kappa shape index (κ3) is 3.54. The molecule has 0 saturated carbocycles. The summed E-state index contributed by atoms with van der Waals surface area (Å²) in [7, 11) is 0. The maximum atomic E-state index is 11.5. The Morgan fingerprint density at radius 3 is 2.81 bits per heavy atom. The summed E-state index contributed by atoms with van der Waals surface area (Å²) in [6, 6.07) is 0. The molecule has 16 heavy (non-hydrogen) atoms. The highest BCUT2D eigenvalue weighted by Crippen LogP contribution is 2.13. The molecule has 0 aliphatic carbocycles. The fraction of sp³-hybridized carbons (Fsp3) is 0.900. The van der Waals surface area contributed by atoms with Gasteiger partial charge in [-0.2, -0.15) is 0 Å². The highest BCUT2D eigenvalue weighted by atomic mass is 32.2. The summed E-state index contributed by atoms with van der Waals surface area (Å²) in [5.74, 6) is 1.80. The third-order valence-electron chi connectivity index (χ3n) is 2.75. The molecule has 2 saturated heterocycles.